The molecule has 2 saturated heterocycles. The number of esters is 2. The van der Waals surface area contributed by atoms with Gasteiger partial charge in [-0.1, -0.05) is 20.8 Å². The lowest BCUT2D eigenvalue weighted by atomic mass is 9.43. The summed E-state index contributed by atoms with van der Waals surface area (Å²) in [6, 6.07) is 0. The van der Waals surface area contributed by atoms with Gasteiger partial charge in [-0.05, 0) is 64.2 Å². The van der Waals surface area contributed by atoms with Crippen molar-refractivity contribution in [2.45, 2.75) is 117 Å². The van der Waals surface area contributed by atoms with E-state index < -0.39 is 11.4 Å². The van der Waals surface area contributed by atoms with Crippen molar-refractivity contribution in [3.63, 3.8) is 0 Å². The standard InChI is InChI=1S/C27H44O7/c1-18-8-9-21-24(6)16-32-23(4,5)33-22(24)10-11-25(21,7)27(18)13-12-26(34-27,17-31-20(3)29)14-15-30-19(2)28/h18,21-22H,8-17H2,1-7H3/t18-,21-,22+,24-,25+,26+,27-/m0/s1. The van der Waals surface area contributed by atoms with Gasteiger partial charge < -0.3 is 23.7 Å². The molecule has 2 heterocycles. The van der Waals surface area contributed by atoms with Crippen LogP contribution < -0.4 is 0 Å². The summed E-state index contributed by atoms with van der Waals surface area (Å²) >= 11 is 0. The van der Waals surface area contributed by atoms with Crippen molar-refractivity contribution in [2.75, 3.05) is 19.8 Å². The van der Waals surface area contributed by atoms with Crippen LogP contribution in [0, 0.1) is 22.7 Å². The van der Waals surface area contributed by atoms with Crippen LogP contribution in [-0.4, -0.2) is 54.9 Å². The Hall–Kier alpha value is -1.18. The van der Waals surface area contributed by atoms with E-state index in [4.69, 9.17) is 23.7 Å². The van der Waals surface area contributed by atoms with Crippen LogP contribution >= 0.6 is 0 Å². The fourth-order valence-electron chi connectivity index (χ4n) is 7.96. The molecule has 1 spiro atoms. The van der Waals surface area contributed by atoms with Gasteiger partial charge in [0.05, 0.1) is 24.9 Å². The summed E-state index contributed by atoms with van der Waals surface area (Å²) in [5.41, 5.74) is -1.09. The lowest BCUT2D eigenvalue weighted by molar-refractivity contribution is -0.359. The normalized spacial score (nSPS) is 45.3. The van der Waals surface area contributed by atoms with Gasteiger partial charge in [0.2, 0.25) is 0 Å². The second-order valence-corrected chi connectivity index (χ2v) is 12.3. The molecule has 34 heavy (non-hydrogen) atoms. The van der Waals surface area contributed by atoms with E-state index in [1.54, 1.807) is 0 Å². The van der Waals surface area contributed by atoms with Gasteiger partial charge in [-0.3, -0.25) is 9.59 Å². The number of rotatable bonds is 5. The molecule has 7 atom stereocenters. The highest BCUT2D eigenvalue weighted by Crippen LogP contribution is 2.69. The fourth-order valence-corrected chi connectivity index (χ4v) is 7.96. The number of hydrogen-bond acceptors (Lipinski definition) is 7. The highest BCUT2D eigenvalue weighted by Gasteiger charge is 2.70. The minimum atomic E-state index is -0.639. The molecular weight excluding hydrogens is 436 g/mol. The minimum Gasteiger partial charge on any atom is -0.466 e. The predicted octanol–water partition coefficient (Wildman–Crippen LogP) is 4.79. The third kappa shape index (κ3) is 4.20. The highest BCUT2D eigenvalue weighted by atomic mass is 16.7. The van der Waals surface area contributed by atoms with Crippen molar-refractivity contribution in [1.82, 2.24) is 0 Å². The molecule has 0 radical (unpaired) electrons. The fraction of sp³-hybridized carbons (Fsp3) is 0.926. The van der Waals surface area contributed by atoms with Gasteiger partial charge in [-0.25, -0.2) is 0 Å². The zero-order valence-electron chi connectivity index (χ0n) is 22.2. The van der Waals surface area contributed by atoms with Crippen LogP contribution in [0.2, 0.25) is 0 Å². The molecule has 0 aromatic heterocycles. The Bertz CT molecular complexity index is 811. The van der Waals surface area contributed by atoms with E-state index in [2.05, 4.69) is 20.8 Å². The molecule has 2 aliphatic carbocycles. The molecule has 0 unspecified atom stereocenters. The summed E-state index contributed by atoms with van der Waals surface area (Å²) in [6.45, 7) is 15.1. The second kappa shape index (κ2) is 8.74. The van der Waals surface area contributed by atoms with E-state index in [9.17, 15) is 9.59 Å². The Morgan fingerprint density at radius 3 is 2.32 bits per heavy atom. The van der Waals surface area contributed by atoms with Gasteiger partial charge in [-0.2, -0.15) is 0 Å². The summed E-state index contributed by atoms with van der Waals surface area (Å²) < 4.78 is 30.7. The maximum absolute atomic E-state index is 11.7. The van der Waals surface area contributed by atoms with Gasteiger partial charge in [-0.15, -0.1) is 0 Å². The molecule has 0 aromatic carbocycles. The van der Waals surface area contributed by atoms with Crippen LogP contribution in [0.4, 0.5) is 0 Å². The Balaban J connectivity index is 1.64. The Morgan fingerprint density at radius 2 is 1.65 bits per heavy atom. The van der Waals surface area contributed by atoms with E-state index in [0.717, 1.165) is 38.5 Å². The largest absolute Gasteiger partial charge is 0.466 e. The third-order valence-corrected chi connectivity index (χ3v) is 9.79. The van der Waals surface area contributed by atoms with E-state index in [1.807, 2.05) is 13.8 Å². The monoisotopic (exact) mass is 480 g/mol. The average molecular weight is 481 g/mol. The maximum Gasteiger partial charge on any atom is 0.302 e. The lowest BCUT2D eigenvalue weighted by Crippen LogP contribution is -2.69. The second-order valence-electron chi connectivity index (χ2n) is 12.3. The zero-order valence-corrected chi connectivity index (χ0v) is 22.2. The average Bonchev–Trinajstić information content (AvgIpc) is 3.13. The van der Waals surface area contributed by atoms with E-state index in [0.29, 0.717) is 24.9 Å². The van der Waals surface area contributed by atoms with Crippen LogP contribution in [0.5, 0.6) is 0 Å². The lowest BCUT2D eigenvalue weighted by Gasteiger charge is -2.67. The molecule has 194 valence electrons. The molecule has 4 rings (SSSR count). The number of carbonyl (C=O) groups excluding carboxylic acids is 2. The first kappa shape index (κ1) is 25.9. The molecular formula is C27H44O7. The Labute approximate surface area is 204 Å². The van der Waals surface area contributed by atoms with Crippen molar-refractivity contribution in [3.05, 3.63) is 0 Å². The number of fused-ring (bicyclic) bond motifs is 4. The zero-order chi connectivity index (χ0) is 25.0. The molecule has 2 aliphatic heterocycles. The smallest absolute Gasteiger partial charge is 0.302 e. The summed E-state index contributed by atoms with van der Waals surface area (Å²) in [5, 5.41) is 0. The molecule has 7 heteroatoms. The van der Waals surface area contributed by atoms with Gasteiger partial charge in [0.1, 0.15) is 12.2 Å². The van der Waals surface area contributed by atoms with Crippen LogP contribution in [0.3, 0.4) is 0 Å². The SMILES string of the molecule is CC(=O)OCC[C@@]1(COC(C)=O)CC[C@]2(O1)[C@@H](C)CC[C@H]1[C@]3(C)COC(C)(C)O[C@@H]3CC[C@]12C. The van der Waals surface area contributed by atoms with Crippen LogP contribution in [0.1, 0.15) is 93.4 Å². The molecule has 4 fully saturated rings. The molecule has 0 bridgehead atoms. The van der Waals surface area contributed by atoms with E-state index in [-0.39, 0.29) is 47.7 Å². The van der Waals surface area contributed by atoms with Crippen molar-refractivity contribution in [2.24, 2.45) is 22.7 Å². The minimum absolute atomic E-state index is 0.0521. The first-order valence-electron chi connectivity index (χ1n) is 13.1. The Morgan fingerprint density at radius 1 is 0.941 bits per heavy atom. The topological polar surface area (TPSA) is 80.3 Å². The van der Waals surface area contributed by atoms with Crippen molar-refractivity contribution >= 4 is 11.9 Å². The quantitative estimate of drug-likeness (QED) is 0.523. The summed E-state index contributed by atoms with van der Waals surface area (Å²) in [6.07, 6.45) is 6.63. The maximum atomic E-state index is 11.7. The molecule has 0 amide bonds. The Kier molecular flexibility index (Phi) is 6.65. The van der Waals surface area contributed by atoms with Crippen molar-refractivity contribution in [3.8, 4) is 0 Å². The molecule has 7 nitrogen and oxygen atoms in total. The summed E-state index contributed by atoms with van der Waals surface area (Å²) in [7, 11) is 0. The van der Waals surface area contributed by atoms with Gasteiger partial charge >= 0.3 is 11.9 Å². The van der Waals surface area contributed by atoms with E-state index >= 15 is 0 Å². The molecule has 0 N–H and O–H groups in total. The summed E-state index contributed by atoms with van der Waals surface area (Å²) in [5.74, 6) is -0.380. The number of carbonyl (C=O) groups is 2. The highest BCUT2D eigenvalue weighted by molar-refractivity contribution is 5.66. The van der Waals surface area contributed by atoms with Crippen LogP contribution in [-0.2, 0) is 33.3 Å². The van der Waals surface area contributed by atoms with Crippen LogP contribution in [0.15, 0.2) is 0 Å². The first-order chi connectivity index (χ1) is 15.8. The van der Waals surface area contributed by atoms with Gasteiger partial charge in [0.15, 0.2) is 5.79 Å². The third-order valence-electron chi connectivity index (χ3n) is 9.79. The number of hydrogen-bond donors (Lipinski definition) is 0. The molecule has 0 aromatic rings. The summed E-state index contributed by atoms with van der Waals surface area (Å²) in [4.78, 5) is 23.1. The van der Waals surface area contributed by atoms with Crippen LogP contribution in [0.25, 0.3) is 0 Å². The number of ether oxygens (including phenoxy) is 5. The first-order valence-corrected chi connectivity index (χ1v) is 13.1. The molecule has 2 saturated carbocycles. The predicted molar refractivity (Wildman–Crippen MR) is 126 cm³/mol. The van der Waals surface area contributed by atoms with Crippen molar-refractivity contribution in [1.29, 1.82) is 0 Å². The molecule has 4 aliphatic rings. The van der Waals surface area contributed by atoms with E-state index in [1.165, 1.54) is 13.8 Å². The van der Waals surface area contributed by atoms with Gasteiger partial charge in [0.25, 0.3) is 0 Å². The van der Waals surface area contributed by atoms with Gasteiger partial charge in [0, 0.05) is 31.1 Å². The van der Waals surface area contributed by atoms with Crippen molar-refractivity contribution < 1.29 is 33.3 Å².